The topological polar surface area (TPSA) is 75.7 Å². The third kappa shape index (κ3) is 5.04. The summed E-state index contributed by atoms with van der Waals surface area (Å²) in [5.41, 5.74) is 3.65. The van der Waals surface area contributed by atoms with E-state index < -0.39 is 15.9 Å². The van der Waals surface area contributed by atoms with Crippen molar-refractivity contribution in [2.75, 3.05) is 25.5 Å². The Labute approximate surface area is 171 Å². The van der Waals surface area contributed by atoms with Crippen LogP contribution in [-0.4, -0.2) is 38.8 Å². The number of likely N-dealkylation sites (N-methyl/N-ethyl adjacent to an activating group) is 1. The molecule has 0 fully saturated rings. The highest BCUT2D eigenvalue weighted by Gasteiger charge is 2.24. The van der Waals surface area contributed by atoms with Gasteiger partial charge in [0.2, 0.25) is 15.9 Å². The molecule has 0 aromatic heterocycles. The Balaban J connectivity index is 2.16. The van der Waals surface area contributed by atoms with Crippen LogP contribution >= 0.6 is 11.6 Å². The maximum atomic E-state index is 12.8. The van der Waals surface area contributed by atoms with E-state index >= 15 is 0 Å². The number of rotatable bonds is 7. The molecule has 0 unspecified atom stereocenters. The van der Waals surface area contributed by atoms with E-state index in [0.717, 1.165) is 21.0 Å². The zero-order valence-electron chi connectivity index (χ0n) is 16.7. The molecule has 0 spiro atoms. The molecule has 0 radical (unpaired) electrons. The maximum Gasteiger partial charge on any atom is 0.243 e. The quantitative estimate of drug-likeness (QED) is 0.730. The molecule has 2 rings (SSSR count). The van der Waals surface area contributed by atoms with Gasteiger partial charge in [0.15, 0.2) is 0 Å². The van der Waals surface area contributed by atoms with Gasteiger partial charge < -0.3 is 10.1 Å². The zero-order chi connectivity index (χ0) is 21.1. The number of ether oxygens (including phenoxy) is 1. The van der Waals surface area contributed by atoms with Crippen LogP contribution in [0.3, 0.4) is 0 Å². The second kappa shape index (κ2) is 8.94. The molecule has 0 aliphatic carbocycles. The Hall–Kier alpha value is -2.09. The van der Waals surface area contributed by atoms with Gasteiger partial charge in [-0.3, -0.25) is 4.79 Å². The molecule has 0 saturated heterocycles. The maximum absolute atomic E-state index is 12.8. The lowest BCUT2D eigenvalue weighted by Crippen LogP contribution is -2.35. The Morgan fingerprint density at radius 1 is 1.14 bits per heavy atom. The van der Waals surface area contributed by atoms with Crippen LogP contribution in [0.4, 0.5) is 5.69 Å². The van der Waals surface area contributed by atoms with Crippen LogP contribution in [0.15, 0.2) is 35.2 Å². The van der Waals surface area contributed by atoms with E-state index in [1.807, 2.05) is 39.8 Å². The highest BCUT2D eigenvalue weighted by molar-refractivity contribution is 7.89. The molecule has 1 amide bonds. The third-order valence-corrected chi connectivity index (χ3v) is 6.31. The highest BCUT2D eigenvalue weighted by atomic mass is 35.5. The number of nitrogens with zero attached hydrogens (tertiary/aromatic N) is 1. The molecule has 0 bridgehead atoms. The Kier molecular flexibility index (Phi) is 7.09. The first-order chi connectivity index (χ1) is 13.1. The van der Waals surface area contributed by atoms with Gasteiger partial charge in [-0.05, 0) is 57.0 Å². The lowest BCUT2D eigenvalue weighted by atomic mass is 10.1. The molecule has 152 valence electrons. The number of benzene rings is 2. The summed E-state index contributed by atoms with van der Waals surface area (Å²) in [6.45, 7) is 7.69. The number of anilines is 1. The number of carbonyl (C=O) groups excluding carboxylic acids is 1. The molecule has 2 aromatic rings. The number of nitrogens with one attached hydrogen (secondary N) is 1. The number of aryl methyl sites for hydroxylation is 3. The van der Waals surface area contributed by atoms with Gasteiger partial charge in [-0.15, -0.1) is 0 Å². The number of sulfonamides is 1. The monoisotopic (exact) mass is 424 g/mol. The fourth-order valence-corrected chi connectivity index (χ4v) is 4.39. The summed E-state index contributed by atoms with van der Waals surface area (Å²) in [4.78, 5) is 12.4. The van der Waals surface area contributed by atoms with Crippen molar-refractivity contribution >= 4 is 33.2 Å². The molecule has 0 aliphatic rings. The van der Waals surface area contributed by atoms with Crippen LogP contribution in [0.5, 0.6) is 5.75 Å². The lowest BCUT2D eigenvalue weighted by Gasteiger charge is -2.19. The first kappa shape index (κ1) is 22.2. The smallest absolute Gasteiger partial charge is 0.243 e. The average molecular weight is 425 g/mol. The first-order valence-corrected chi connectivity index (χ1v) is 10.6. The summed E-state index contributed by atoms with van der Waals surface area (Å²) in [5.74, 6) is -0.00741. The van der Waals surface area contributed by atoms with Crippen molar-refractivity contribution in [3.63, 3.8) is 0 Å². The molecule has 0 atom stereocenters. The van der Waals surface area contributed by atoms with Gasteiger partial charge in [-0.1, -0.05) is 29.3 Å². The van der Waals surface area contributed by atoms with E-state index in [9.17, 15) is 13.2 Å². The Bertz CT molecular complexity index is 967. The van der Waals surface area contributed by atoms with Crippen LogP contribution in [-0.2, 0) is 14.8 Å². The molecule has 0 heterocycles. The highest BCUT2D eigenvalue weighted by Crippen LogP contribution is 2.28. The van der Waals surface area contributed by atoms with E-state index in [1.165, 1.54) is 25.2 Å². The summed E-state index contributed by atoms with van der Waals surface area (Å²) < 4.78 is 31.8. The van der Waals surface area contributed by atoms with Gasteiger partial charge in [0.1, 0.15) is 5.75 Å². The largest absolute Gasteiger partial charge is 0.492 e. The minimum absolute atomic E-state index is 0.000972. The number of hydrogen-bond donors (Lipinski definition) is 1. The van der Waals surface area contributed by atoms with Gasteiger partial charge in [0.25, 0.3) is 0 Å². The van der Waals surface area contributed by atoms with Gasteiger partial charge in [-0.25, -0.2) is 8.42 Å². The predicted octanol–water partition coefficient (Wildman–Crippen LogP) is 3.92. The van der Waals surface area contributed by atoms with Gasteiger partial charge in [0.05, 0.1) is 23.1 Å². The molecule has 8 heteroatoms. The molecule has 28 heavy (non-hydrogen) atoms. The van der Waals surface area contributed by atoms with Crippen molar-refractivity contribution in [2.45, 2.75) is 32.6 Å². The lowest BCUT2D eigenvalue weighted by molar-refractivity contribution is -0.116. The fraction of sp³-hybridized carbons (Fsp3) is 0.350. The van der Waals surface area contributed by atoms with E-state index in [4.69, 9.17) is 16.3 Å². The van der Waals surface area contributed by atoms with E-state index in [2.05, 4.69) is 5.32 Å². The van der Waals surface area contributed by atoms with Crippen molar-refractivity contribution in [3.05, 3.63) is 52.0 Å². The normalized spacial score (nSPS) is 11.5. The van der Waals surface area contributed by atoms with Crippen molar-refractivity contribution in [2.24, 2.45) is 0 Å². The van der Waals surface area contributed by atoms with Crippen molar-refractivity contribution in [1.82, 2.24) is 4.31 Å². The molecule has 1 N–H and O–H groups in total. The number of halogens is 1. The standard InChI is InChI=1S/C20H25ClN2O4S/c1-6-27-18-8-7-16(11-17(18)21)28(25,26)23(5)12-19(24)22-20-14(3)9-13(2)10-15(20)4/h7-11H,6,12H2,1-5H3,(H,22,24). The summed E-state index contributed by atoms with van der Waals surface area (Å²) >= 11 is 6.09. The third-order valence-electron chi connectivity index (χ3n) is 4.22. The van der Waals surface area contributed by atoms with Crippen LogP contribution in [0.2, 0.25) is 5.02 Å². The number of carbonyl (C=O) groups is 1. The zero-order valence-corrected chi connectivity index (χ0v) is 18.2. The van der Waals surface area contributed by atoms with Crippen molar-refractivity contribution in [1.29, 1.82) is 0 Å². The number of hydrogen-bond acceptors (Lipinski definition) is 4. The van der Waals surface area contributed by atoms with E-state index in [1.54, 1.807) is 0 Å². The first-order valence-electron chi connectivity index (χ1n) is 8.82. The Morgan fingerprint density at radius 3 is 2.29 bits per heavy atom. The van der Waals surface area contributed by atoms with E-state index in [0.29, 0.717) is 18.0 Å². The Morgan fingerprint density at radius 2 is 1.75 bits per heavy atom. The molecular formula is C20H25ClN2O4S. The van der Waals surface area contributed by atoms with Crippen LogP contribution < -0.4 is 10.1 Å². The molecule has 2 aromatic carbocycles. The SMILES string of the molecule is CCOc1ccc(S(=O)(=O)N(C)CC(=O)Nc2c(C)cc(C)cc2C)cc1Cl. The average Bonchev–Trinajstić information content (AvgIpc) is 2.59. The fourth-order valence-electron chi connectivity index (χ4n) is 2.94. The second-order valence-corrected chi connectivity index (χ2v) is 9.06. The van der Waals surface area contributed by atoms with Crippen LogP contribution in [0.25, 0.3) is 0 Å². The summed E-state index contributed by atoms with van der Waals surface area (Å²) in [6.07, 6.45) is 0. The predicted molar refractivity (Wildman–Crippen MR) is 112 cm³/mol. The van der Waals surface area contributed by atoms with Crippen LogP contribution in [0.1, 0.15) is 23.6 Å². The van der Waals surface area contributed by atoms with Gasteiger partial charge in [-0.2, -0.15) is 4.31 Å². The van der Waals surface area contributed by atoms with Crippen molar-refractivity contribution < 1.29 is 17.9 Å². The van der Waals surface area contributed by atoms with Gasteiger partial charge in [0, 0.05) is 12.7 Å². The second-order valence-electron chi connectivity index (χ2n) is 6.61. The molecule has 6 nitrogen and oxygen atoms in total. The summed E-state index contributed by atoms with van der Waals surface area (Å²) in [6, 6.07) is 8.17. The van der Waals surface area contributed by atoms with Crippen LogP contribution in [0, 0.1) is 20.8 Å². The molecular weight excluding hydrogens is 400 g/mol. The molecule has 0 aliphatic heterocycles. The van der Waals surface area contributed by atoms with E-state index in [-0.39, 0.29) is 16.5 Å². The molecule has 0 saturated carbocycles. The van der Waals surface area contributed by atoms with Crippen molar-refractivity contribution in [3.8, 4) is 5.75 Å². The summed E-state index contributed by atoms with van der Waals surface area (Å²) in [7, 11) is -2.52. The summed E-state index contributed by atoms with van der Waals surface area (Å²) in [5, 5.41) is 3.01. The minimum Gasteiger partial charge on any atom is -0.492 e. The minimum atomic E-state index is -3.87. The number of amides is 1. The van der Waals surface area contributed by atoms with Gasteiger partial charge >= 0.3 is 0 Å².